The van der Waals surface area contributed by atoms with Gasteiger partial charge in [0.1, 0.15) is 11.6 Å². The van der Waals surface area contributed by atoms with Crippen molar-refractivity contribution in [1.29, 1.82) is 0 Å². The topological polar surface area (TPSA) is 51.2 Å². The molecule has 0 fully saturated rings. The molecule has 0 aliphatic rings. The first-order chi connectivity index (χ1) is 13.3. The van der Waals surface area contributed by atoms with Crippen LogP contribution in [0.5, 0.6) is 5.75 Å². The lowest BCUT2D eigenvalue weighted by Gasteiger charge is -2.13. The van der Waals surface area contributed by atoms with E-state index in [1.807, 2.05) is 0 Å². The maximum Gasteiger partial charge on any atom is 0.573 e. The zero-order valence-corrected chi connectivity index (χ0v) is 14.3. The Morgan fingerprint density at radius 2 is 1.82 bits per heavy atom. The second kappa shape index (κ2) is 8.08. The first-order valence-electron chi connectivity index (χ1n) is 8.16. The van der Waals surface area contributed by atoms with E-state index in [-0.39, 0.29) is 23.4 Å². The summed E-state index contributed by atoms with van der Waals surface area (Å²) in [5.41, 5.74) is 1.44. The number of hydrogen-bond donors (Lipinski definition) is 1. The van der Waals surface area contributed by atoms with Gasteiger partial charge in [0, 0.05) is 23.9 Å². The van der Waals surface area contributed by atoms with Crippen molar-refractivity contribution in [3.63, 3.8) is 0 Å². The summed E-state index contributed by atoms with van der Waals surface area (Å²) >= 11 is 0. The average Bonchev–Trinajstić information content (AvgIpc) is 2.66. The van der Waals surface area contributed by atoms with Crippen LogP contribution < -0.4 is 10.1 Å². The van der Waals surface area contributed by atoms with E-state index in [0.29, 0.717) is 11.3 Å². The normalized spacial score (nSPS) is 11.1. The summed E-state index contributed by atoms with van der Waals surface area (Å²) in [4.78, 5) is 16.4. The number of hydrogen-bond acceptors (Lipinski definition) is 3. The Morgan fingerprint density at radius 1 is 1.04 bits per heavy atom. The van der Waals surface area contributed by atoms with Gasteiger partial charge in [-0.1, -0.05) is 30.3 Å². The first kappa shape index (κ1) is 19.3. The Labute approximate surface area is 157 Å². The molecule has 144 valence electrons. The van der Waals surface area contributed by atoms with Gasteiger partial charge in [0.25, 0.3) is 5.91 Å². The molecular formula is C20H14F4N2O2. The van der Waals surface area contributed by atoms with Gasteiger partial charge < -0.3 is 10.1 Å². The molecule has 4 nitrogen and oxygen atoms in total. The van der Waals surface area contributed by atoms with Crippen molar-refractivity contribution >= 4 is 5.91 Å². The number of aromatic nitrogens is 1. The summed E-state index contributed by atoms with van der Waals surface area (Å²) in [6.07, 6.45) is -3.51. The van der Waals surface area contributed by atoms with Gasteiger partial charge >= 0.3 is 6.36 Å². The van der Waals surface area contributed by atoms with Crippen LogP contribution in [0.2, 0.25) is 0 Å². The molecule has 0 aliphatic carbocycles. The minimum absolute atomic E-state index is 0.156. The van der Waals surface area contributed by atoms with E-state index in [2.05, 4.69) is 15.0 Å². The molecule has 1 heterocycles. The predicted molar refractivity (Wildman–Crippen MR) is 93.9 cm³/mol. The van der Waals surface area contributed by atoms with Crippen LogP contribution in [0.4, 0.5) is 17.6 Å². The minimum Gasteiger partial charge on any atom is -0.405 e. The van der Waals surface area contributed by atoms with Gasteiger partial charge in [0.05, 0.1) is 11.3 Å². The standard InChI is InChI=1S/C20H14F4N2O2/c21-16-6-3-5-13(10-16)17-9-8-15(12-25-17)19(27)26-11-14-4-1-2-7-18(14)28-20(22,23)24/h1-10,12H,11H2,(H,26,27). The zero-order valence-electron chi connectivity index (χ0n) is 14.3. The molecule has 0 bridgehead atoms. The number of carbonyl (C=O) groups excluding carboxylic acids is 1. The predicted octanol–water partition coefficient (Wildman–Crippen LogP) is 4.72. The molecule has 28 heavy (non-hydrogen) atoms. The molecule has 1 N–H and O–H groups in total. The number of halogens is 4. The molecule has 0 radical (unpaired) electrons. The summed E-state index contributed by atoms with van der Waals surface area (Å²) in [6.45, 7) is -0.156. The van der Waals surface area contributed by atoms with Crippen molar-refractivity contribution in [2.45, 2.75) is 12.9 Å². The number of benzene rings is 2. The fourth-order valence-electron chi connectivity index (χ4n) is 2.50. The van der Waals surface area contributed by atoms with E-state index in [4.69, 9.17) is 0 Å². The van der Waals surface area contributed by atoms with E-state index in [1.165, 1.54) is 42.6 Å². The number of ether oxygens (including phenoxy) is 1. The Kier molecular flexibility index (Phi) is 5.58. The number of carbonyl (C=O) groups is 1. The maximum absolute atomic E-state index is 13.3. The monoisotopic (exact) mass is 390 g/mol. The van der Waals surface area contributed by atoms with E-state index >= 15 is 0 Å². The van der Waals surface area contributed by atoms with Gasteiger partial charge in [-0.25, -0.2) is 4.39 Å². The second-order valence-corrected chi connectivity index (χ2v) is 5.78. The van der Waals surface area contributed by atoms with Crippen molar-refractivity contribution in [3.8, 4) is 17.0 Å². The molecule has 0 unspecified atom stereocenters. The van der Waals surface area contributed by atoms with Crippen molar-refractivity contribution in [2.24, 2.45) is 0 Å². The quantitative estimate of drug-likeness (QED) is 0.642. The Balaban J connectivity index is 1.68. The highest BCUT2D eigenvalue weighted by Gasteiger charge is 2.32. The molecule has 0 aliphatic heterocycles. The fraction of sp³-hybridized carbons (Fsp3) is 0.100. The molecule has 3 rings (SSSR count). The number of para-hydroxylation sites is 1. The summed E-state index contributed by atoms with van der Waals surface area (Å²) in [5.74, 6) is -1.30. The minimum atomic E-state index is -4.82. The molecular weight excluding hydrogens is 376 g/mol. The van der Waals surface area contributed by atoms with Gasteiger partial charge in [-0.05, 0) is 30.3 Å². The molecule has 0 atom stereocenters. The van der Waals surface area contributed by atoms with Crippen LogP contribution in [0.25, 0.3) is 11.3 Å². The Bertz CT molecular complexity index is 972. The lowest BCUT2D eigenvalue weighted by atomic mass is 10.1. The van der Waals surface area contributed by atoms with Crippen molar-refractivity contribution in [1.82, 2.24) is 10.3 Å². The van der Waals surface area contributed by atoms with Gasteiger partial charge in [-0.15, -0.1) is 13.2 Å². The van der Waals surface area contributed by atoms with Crippen molar-refractivity contribution in [2.75, 3.05) is 0 Å². The third-order valence-electron chi connectivity index (χ3n) is 3.78. The van der Waals surface area contributed by atoms with Crippen LogP contribution in [0, 0.1) is 5.82 Å². The summed E-state index contributed by atoms with van der Waals surface area (Å²) < 4.78 is 54.6. The van der Waals surface area contributed by atoms with Gasteiger partial charge in [0.15, 0.2) is 0 Å². The van der Waals surface area contributed by atoms with E-state index in [9.17, 15) is 22.4 Å². The lowest BCUT2D eigenvalue weighted by molar-refractivity contribution is -0.274. The first-order valence-corrected chi connectivity index (χ1v) is 8.16. The van der Waals surface area contributed by atoms with E-state index in [1.54, 1.807) is 24.3 Å². The van der Waals surface area contributed by atoms with Crippen LogP contribution in [-0.4, -0.2) is 17.3 Å². The van der Waals surface area contributed by atoms with Crippen LogP contribution in [0.1, 0.15) is 15.9 Å². The third kappa shape index (κ3) is 5.06. The van der Waals surface area contributed by atoms with E-state index < -0.39 is 18.1 Å². The molecule has 8 heteroatoms. The summed E-state index contributed by atoms with van der Waals surface area (Å²) in [6, 6.07) is 14.5. The molecule has 1 amide bonds. The molecule has 1 aromatic heterocycles. The van der Waals surface area contributed by atoms with Gasteiger partial charge in [-0.2, -0.15) is 0 Å². The number of pyridine rings is 1. The number of rotatable bonds is 5. The van der Waals surface area contributed by atoms with Crippen molar-refractivity contribution < 1.29 is 27.1 Å². The van der Waals surface area contributed by atoms with Gasteiger partial charge in [-0.3, -0.25) is 9.78 Å². The smallest absolute Gasteiger partial charge is 0.405 e. The summed E-state index contributed by atoms with van der Waals surface area (Å²) in [7, 11) is 0. The van der Waals surface area contributed by atoms with Crippen LogP contribution in [0.3, 0.4) is 0 Å². The molecule has 0 spiro atoms. The highest BCUT2D eigenvalue weighted by atomic mass is 19.4. The third-order valence-corrected chi connectivity index (χ3v) is 3.78. The Morgan fingerprint density at radius 3 is 2.50 bits per heavy atom. The molecule has 2 aromatic carbocycles. The number of alkyl halides is 3. The average molecular weight is 390 g/mol. The lowest BCUT2D eigenvalue weighted by Crippen LogP contribution is -2.24. The number of nitrogens with one attached hydrogen (secondary N) is 1. The zero-order chi connectivity index (χ0) is 20.1. The number of amides is 1. The van der Waals surface area contributed by atoms with Gasteiger partial charge in [0.2, 0.25) is 0 Å². The van der Waals surface area contributed by atoms with Crippen LogP contribution in [-0.2, 0) is 6.54 Å². The molecule has 0 saturated heterocycles. The molecule has 3 aromatic rings. The fourth-order valence-corrected chi connectivity index (χ4v) is 2.50. The Hall–Kier alpha value is -3.42. The second-order valence-electron chi connectivity index (χ2n) is 5.78. The highest BCUT2D eigenvalue weighted by Crippen LogP contribution is 2.26. The summed E-state index contributed by atoms with van der Waals surface area (Å²) in [5, 5.41) is 2.52. The molecule has 0 saturated carbocycles. The largest absolute Gasteiger partial charge is 0.573 e. The van der Waals surface area contributed by atoms with Crippen molar-refractivity contribution in [3.05, 3.63) is 83.8 Å². The van der Waals surface area contributed by atoms with E-state index in [0.717, 1.165) is 0 Å². The van der Waals surface area contributed by atoms with Crippen LogP contribution >= 0.6 is 0 Å². The SMILES string of the molecule is O=C(NCc1ccccc1OC(F)(F)F)c1ccc(-c2cccc(F)c2)nc1. The number of nitrogens with zero attached hydrogens (tertiary/aromatic N) is 1. The highest BCUT2D eigenvalue weighted by molar-refractivity contribution is 5.94. The van der Waals surface area contributed by atoms with Crippen LogP contribution in [0.15, 0.2) is 66.9 Å². The maximum atomic E-state index is 13.3.